The Kier molecular flexibility index (Phi) is 8.67. The number of anilines is 3. The Morgan fingerprint density at radius 3 is 2.02 bits per heavy atom. The summed E-state index contributed by atoms with van der Waals surface area (Å²) in [6.07, 6.45) is 3.83. The van der Waals surface area contributed by atoms with Crippen LogP contribution in [0, 0.1) is 5.92 Å². The lowest BCUT2D eigenvalue weighted by atomic mass is 9.93. The van der Waals surface area contributed by atoms with Gasteiger partial charge in [0.2, 0.25) is 5.95 Å². The summed E-state index contributed by atoms with van der Waals surface area (Å²) >= 11 is 0. The summed E-state index contributed by atoms with van der Waals surface area (Å²) in [5.41, 5.74) is -0.601. The van der Waals surface area contributed by atoms with E-state index in [1.54, 1.807) is 16.7 Å². The lowest BCUT2D eigenvalue weighted by molar-refractivity contribution is -0.141. The van der Waals surface area contributed by atoms with E-state index in [1.807, 2.05) is 13.8 Å². The molecule has 240 valence electrons. The SMILES string of the molecule is CC(=O)c1c(N2CCCC2)nc(N2CCCC2)nc1N1CCN(C(=O)OCC23CCCN2C(=O)C(OCC(C)C)C3=O)CC1. The van der Waals surface area contributed by atoms with Gasteiger partial charge >= 0.3 is 6.09 Å². The zero-order chi connectivity index (χ0) is 31.0. The Morgan fingerprint density at radius 1 is 0.841 bits per heavy atom. The van der Waals surface area contributed by atoms with Gasteiger partial charge in [-0.25, -0.2) is 4.79 Å². The highest BCUT2D eigenvalue weighted by Gasteiger charge is 2.61. The van der Waals surface area contributed by atoms with Gasteiger partial charge in [-0.1, -0.05) is 13.8 Å². The molecule has 0 saturated carbocycles. The zero-order valence-corrected chi connectivity index (χ0v) is 26.3. The third kappa shape index (κ3) is 5.59. The number of ketones is 2. The second kappa shape index (κ2) is 12.5. The summed E-state index contributed by atoms with van der Waals surface area (Å²) < 4.78 is 11.4. The number of rotatable bonds is 9. The Morgan fingerprint density at radius 2 is 1.43 bits per heavy atom. The quantitative estimate of drug-likeness (QED) is 0.301. The molecular formula is C31H45N7O6. The molecule has 0 bridgehead atoms. The first-order valence-corrected chi connectivity index (χ1v) is 16.3. The fourth-order valence-corrected chi connectivity index (χ4v) is 7.17. The van der Waals surface area contributed by atoms with Crippen LogP contribution in [0.4, 0.5) is 22.4 Å². The highest BCUT2D eigenvalue weighted by molar-refractivity contribution is 6.16. The van der Waals surface area contributed by atoms with Crippen molar-refractivity contribution in [1.29, 1.82) is 0 Å². The minimum absolute atomic E-state index is 0.0662. The number of hydrogen-bond acceptors (Lipinski definition) is 11. The van der Waals surface area contributed by atoms with Gasteiger partial charge in [-0.3, -0.25) is 14.4 Å². The molecule has 2 amide bonds. The maximum atomic E-state index is 13.4. The van der Waals surface area contributed by atoms with E-state index in [1.165, 1.54) is 0 Å². The number of aromatic nitrogens is 2. The first kappa shape index (κ1) is 30.5. The van der Waals surface area contributed by atoms with Gasteiger partial charge in [-0.05, 0) is 51.4 Å². The third-order valence-electron chi connectivity index (χ3n) is 9.55. The maximum absolute atomic E-state index is 13.4. The molecule has 0 N–H and O–H groups in total. The van der Waals surface area contributed by atoms with Crippen LogP contribution in [0.15, 0.2) is 0 Å². The van der Waals surface area contributed by atoms with E-state index >= 15 is 0 Å². The molecule has 2 unspecified atom stereocenters. The first-order chi connectivity index (χ1) is 21.2. The van der Waals surface area contributed by atoms with Crippen molar-refractivity contribution in [3.05, 3.63) is 5.56 Å². The summed E-state index contributed by atoms with van der Waals surface area (Å²) in [6, 6.07) is 0. The van der Waals surface area contributed by atoms with Crippen LogP contribution in [-0.2, 0) is 19.1 Å². The van der Waals surface area contributed by atoms with Crippen LogP contribution in [0.25, 0.3) is 0 Å². The van der Waals surface area contributed by atoms with Crippen molar-refractivity contribution in [3.63, 3.8) is 0 Å². The summed E-state index contributed by atoms with van der Waals surface area (Å²) in [5.74, 6) is 1.50. The second-order valence-electron chi connectivity index (χ2n) is 13.1. The van der Waals surface area contributed by atoms with Crippen LogP contribution < -0.4 is 14.7 Å². The van der Waals surface area contributed by atoms with E-state index in [2.05, 4.69) is 14.7 Å². The fraction of sp³-hybridized carbons (Fsp3) is 0.742. The Bertz CT molecular complexity index is 1290. The van der Waals surface area contributed by atoms with E-state index in [-0.39, 0.29) is 30.0 Å². The van der Waals surface area contributed by atoms with E-state index in [0.717, 1.165) is 57.7 Å². The van der Waals surface area contributed by atoms with E-state index < -0.39 is 17.7 Å². The molecular weight excluding hydrogens is 566 g/mol. The molecule has 0 aliphatic carbocycles. The van der Waals surface area contributed by atoms with Gasteiger partial charge in [-0.15, -0.1) is 0 Å². The van der Waals surface area contributed by atoms with Crippen LogP contribution in [0.3, 0.4) is 0 Å². The summed E-state index contributed by atoms with van der Waals surface area (Å²) in [7, 11) is 0. The normalized spacial score (nSPS) is 25.5. The zero-order valence-electron chi connectivity index (χ0n) is 26.3. The van der Waals surface area contributed by atoms with Gasteiger partial charge in [-0.2, -0.15) is 9.97 Å². The minimum atomic E-state index is -1.15. The largest absolute Gasteiger partial charge is 0.446 e. The first-order valence-electron chi connectivity index (χ1n) is 16.3. The minimum Gasteiger partial charge on any atom is -0.446 e. The van der Waals surface area contributed by atoms with Crippen molar-refractivity contribution in [3.8, 4) is 0 Å². The Hall–Kier alpha value is -3.48. The molecule has 2 atom stereocenters. The maximum Gasteiger partial charge on any atom is 0.409 e. The summed E-state index contributed by atoms with van der Waals surface area (Å²) in [4.78, 5) is 72.2. The number of ether oxygens (including phenoxy) is 2. The Labute approximate surface area is 258 Å². The molecule has 13 nitrogen and oxygen atoms in total. The average molecular weight is 612 g/mol. The standard InChI is InChI=1S/C31H45N7O6/c1-21(2)19-43-24-25(40)31(9-8-14-38(31)28(24)41)20-44-30(42)37-17-15-35(16-18-37)27-23(22(3)39)26(34-10-4-5-11-34)32-29(33-27)36-12-6-7-13-36/h21,24H,4-20H2,1-3H3. The van der Waals surface area contributed by atoms with Crippen molar-refractivity contribution < 1.29 is 28.7 Å². The molecule has 5 aliphatic heterocycles. The molecule has 5 fully saturated rings. The molecule has 1 aromatic heterocycles. The van der Waals surface area contributed by atoms with Gasteiger partial charge in [0.1, 0.15) is 29.3 Å². The predicted octanol–water partition coefficient (Wildman–Crippen LogP) is 2.12. The van der Waals surface area contributed by atoms with Gasteiger partial charge in [0.15, 0.2) is 17.7 Å². The predicted molar refractivity (Wildman–Crippen MR) is 163 cm³/mol. The lowest BCUT2D eigenvalue weighted by Gasteiger charge is -2.37. The number of carbonyl (C=O) groups is 4. The van der Waals surface area contributed by atoms with Gasteiger partial charge < -0.3 is 34.0 Å². The topological polar surface area (TPSA) is 129 Å². The Balaban J connectivity index is 1.14. The van der Waals surface area contributed by atoms with Gasteiger partial charge in [0.05, 0.1) is 6.61 Å². The summed E-state index contributed by atoms with van der Waals surface area (Å²) in [6.45, 7) is 11.3. The monoisotopic (exact) mass is 611 g/mol. The van der Waals surface area contributed by atoms with Crippen LogP contribution in [0.1, 0.15) is 69.7 Å². The molecule has 5 saturated heterocycles. The van der Waals surface area contributed by atoms with Crippen LogP contribution in [0.2, 0.25) is 0 Å². The molecule has 1 aromatic rings. The van der Waals surface area contributed by atoms with Crippen molar-refractivity contribution >= 4 is 41.2 Å². The number of piperazine rings is 1. The molecule has 0 aromatic carbocycles. The number of fused-ring (bicyclic) bond motifs is 1. The highest BCUT2D eigenvalue weighted by atomic mass is 16.6. The molecule has 5 aliphatic rings. The van der Waals surface area contributed by atoms with E-state index in [4.69, 9.17) is 19.4 Å². The molecule has 0 spiro atoms. The van der Waals surface area contributed by atoms with Crippen molar-refractivity contribution in [2.24, 2.45) is 5.92 Å². The molecule has 0 radical (unpaired) electrons. The second-order valence-corrected chi connectivity index (χ2v) is 13.1. The van der Waals surface area contributed by atoms with Crippen LogP contribution in [0.5, 0.6) is 0 Å². The molecule has 6 heterocycles. The van der Waals surface area contributed by atoms with E-state index in [0.29, 0.717) is 69.5 Å². The van der Waals surface area contributed by atoms with Crippen molar-refractivity contribution in [2.75, 3.05) is 86.8 Å². The molecule has 6 rings (SSSR count). The average Bonchev–Trinajstić information content (AvgIpc) is 3.83. The summed E-state index contributed by atoms with van der Waals surface area (Å²) in [5, 5.41) is 0. The van der Waals surface area contributed by atoms with Crippen LogP contribution in [-0.4, -0.2) is 127 Å². The number of amides is 2. The molecule has 44 heavy (non-hydrogen) atoms. The number of hydrogen-bond donors (Lipinski definition) is 0. The van der Waals surface area contributed by atoms with Gasteiger partial charge in [0.25, 0.3) is 5.91 Å². The number of Topliss-reactive ketones (excluding diaryl/α,β-unsaturated/α-hetero) is 2. The van der Waals surface area contributed by atoms with Gasteiger partial charge in [0, 0.05) is 58.9 Å². The highest BCUT2D eigenvalue weighted by Crippen LogP contribution is 2.39. The third-order valence-corrected chi connectivity index (χ3v) is 9.55. The van der Waals surface area contributed by atoms with Crippen molar-refractivity contribution in [1.82, 2.24) is 19.8 Å². The lowest BCUT2D eigenvalue weighted by Crippen LogP contribution is -2.53. The fourth-order valence-electron chi connectivity index (χ4n) is 7.17. The van der Waals surface area contributed by atoms with E-state index in [9.17, 15) is 19.2 Å². The molecule has 13 heteroatoms. The van der Waals surface area contributed by atoms with Crippen molar-refractivity contribution in [2.45, 2.75) is 70.9 Å². The number of carbonyl (C=O) groups excluding carboxylic acids is 4. The number of nitrogens with zero attached hydrogens (tertiary/aromatic N) is 7. The smallest absolute Gasteiger partial charge is 0.409 e. The van der Waals surface area contributed by atoms with Crippen LogP contribution >= 0.6 is 0 Å².